The van der Waals surface area contributed by atoms with Crippen LogP contribution in [0.15, 0.2) is 29.3 Å². The van der Waals surface area contributed by atoms with Crippen molar-refractivity contribution in [2.45, 2.75) is 10.6 Å². The van der Waals surface area contributed by atoms with Gasteiger partial charge in [-0.2, -0.15) is 5.10 Å². The van der Waals surface area contributed by atoms with Gasteiger partial charge in [0.25, 0.3) is 0 Å². The Hall–Kier alpha value is -1.01. The third kappa shape index (κ3) is 3.11. The van der Waals surface area contributed by atoms with E-state index in [0.29, 0.717) is 26.8 Å². The number of aromatic nitrogens is 4. The zero-order valence-corrected chi connectivity index (χ0v) is 13.9. The second-order valence-corrected chi connectivity index (χ2v) is 6.52. The van der Waals surface area contributed by atoms with Gasteiger partial charge in [0.05, 0.1) is 27.4 Å². The van der Waals surface area contributed by atoms with Crippen molar-refractivity contribution in [3.63, 3.8) is 0 Å². The summed E-state index contributed by atoms with van der Waals surface area (Å²) in [6, 6.07) is 5.49. The van der Waals surface area contributed by atoms with Crippen LogP contribution in [0.4, 0.5) is 0 Å². The predicted molar refractivity (Wildman–Crippen MR) is 87.3 cm³/mol. The predicted octanol–water partition coefficient (Wildman–Crippen LogP) is 4.62. The van der Waals surface area contributed by atoms with Crippen molar-refractivity contribution in [2.75, 3.05) is 0 Å². The summed E-state index contributed by atoms with van der Waals surface area (Å²) in [5.74, 6) is 1.23. The minimum absolute atomic E-state index is 0.415. The molecule has 3 aromatic rings. The Bertz CT molecular complexity index is 819. The van der Waals surface area contributed by atoms with Crippen molar-refractivity contribution in [1.82, 2.24) is 19.7 Å². The minimum atomic E-state index is 0.415. The Morgan fingerprint density at radius 1 is 1.14 bits per heavy atom. The summed E-state index contributed by atoms with van der Waals surface area (Å²) in [5, 5.41) is 6.36. The molecule has 2 aromatic heterocycles. The summed E-state index contributed by atoms with van der Waals surface area (Å²) < 4.78 is 1.68. The van der Waals surface area contributed by atoms with Crippen LogP contribution in [0.2, 0.25) is 15.2 Å². The van der Waals surface area contributed by atoms with Gasteiger partial charge in [0.15, 0.2) is 5.65 Å². The van der Waals surface area contributed by atoms with E-state index in [1.165, 1.54) is 0 Å². The largest absolute Gasteiger partial charge is 0.250 e. The van der Waals surface area contributed by atoms with Crippen LogP contribution in [-0.4, -0.2) is 19.7 Å². The van der Waals surface area contributed by atoms with E-state index < -0.39 is 0 Å². The third-order valence-corrected chi connectivity index (χ3v) is 4.87. The molecule has 0 spiro atoms. The number of halogens is 3. The molecule has 0 fully saturated rings. The lowest BCUT2D eigenvalue weighted by molar-refractivity contribution is 0.782. The number of rotatable bonds is 3. The van der Waals surface area contributed by atoms with Gasteiger partial charge >= 0.3 is 0 Å². The summed E-state index contributed by atoms with van der Waals surface area (Å²) in [6.45, 7) is 0. The summed E-state index contributed by atoms with van der Waals surface area (Å²) in [5.41, 5.74) is 0.722. The number of aryl methyl sites for hydroxylation is 1. The van der Waals surface area contributed by atoms with E-state index in [1.807, 2.05) is 19.2 Å². The van der Waals surface area contributed by atoms with Gasteiger partial charge in [-0.15, -0.1) is 11.8 Å². The Balaban J connectivity index is 1.84. The molecular formula is C13H9Cl3N4S. The smallest absolute Gasteiger partial charge is 0.162 e. The van der Waals surface area contributed by atoms with Crippen molar-refractivity contribution in [3.05, 3.63) is 45.4 Å². The lowest BCUT2D eigenvalue weighted by Crippen LogP contribution is -1.98. The van der Waals surface area contributed by atoms with E-state index >= 15 is 0 Å². The van der Waals surface area contributed by atoms with Crippen LogP contribution in [0.5, 0.6) is 0 Å². The van der Waals surface area contributed by atoms with Crippen LogP contribution in [0.1, 0.15) is 5.82 Å². The molecule has 0 saturated carbocycles. The highest BCUT2D eigenvalue weighted by Crippen LogP contribution is 2.30. The Labute approximate surface area is 140 Å². The zero-order valence-electron chi connectivity index (χ0n) is 10.8. The van der Waals surface area contributed by atoms with E-state index in [4.69, 9.17) is 34.8 Å². The van der Waals surface area contributed by atoms with Crippen LogP contribution >= 0.6 is 46.6 Å². The number of fused-ring (bicyclic) bond motifs is 1. The SMILES string of the molecule is Cn1ncc2c(Cl)nc(CSc3ccc(Cl)c(Cl)c3)nc21. The number of thioether (sulfide) groups is 1. The minimum Gasteiger partial charge on any atom is -0.250 e. The first kappa shape index (κ1) is 14.9. The summed E-state index contributed by atoms with van der Waals surface area (Å²) in [6.07, 6.45) is 1.66. The second-order valence-electron chi connectivity index (χ2n) is 4.30. The molecule has 21 heavy (non-hydrogen) atoms. The van der Waals surface area contributed by atoms with E-state index in [1.54, 1.807) is 28.7 Å². The summed E-state index contributed by atoms with van der Waals surface area (Å²) in [4.78, 5) is 9.76. The van der Waals surface area contributed by atoms with Gasteiger partial charge in [0.1, 0.15) is 11.0 Å². The molecule has 108 valence electrons. The molecule has 8 heteroatoms. The Morgan fingerprint density at radius 3 is 2.71 bits per heavy atom. The van der Waals surface area contributed by atoms with Gasteiger partial charge < -0.3 is 0 Å². The van der Waals surface area contributed by atoms with Gasteiger partial charge in [-0.05, 0) is 18.2 Å². The van der Waals surface area contributed by atoms with Gasteiger partial charge in [-0.25, -0.2) is 9.97 Å². The molecule has 0 aliphatic carbocycles. The fourth-order valence-electron chi connectivity index (χ4n) is 1.81. The normalized spacial score (nSPS) is 11.2. The number of hydrogen-bond acceptors (Lipinski definition) is 4. The average molecular weight is 360 g/mol. The molecular weight excluding hydrogens is 351 g/mol. The molecule has 4 nitrogen and oxygen atoms in total. The molecule has 3 rings (SSSR count). The van der Waals surface area contributed by atoms with Gasteiger partial charge in [0.2, 0.25) is 0 Å². The first-order valence-electron chi connectivity index (χ1n) is 5.96. The molecule has 0 bridgehead atoms. The quantitative estimate of drug-likeness (QED) is 0.506. The zero-order chi connectivity index (χ0) is 15.0. The molecule has 0 unspecified atom stereocenters. The molecule has 0 atom stereocenters. The topological polar surface area (TPSA) is 43.6 Å². The molecule has 0 aliphatic rings. The molecule has 0 radical (unpaired) electrons. The molecule has 1 aromatic carbocycles. The van der Waals surface area contributed by atoms with Gasteiger partial charge in [0, 0.05) is 11.9 Å². The van der Waals surface area contributed by atoms with Gasteiger partial charge in [-0.3, -0.25) is 4.68 Å². The van der Waals surface area contributed by atoms with E-state index in [-0.39, 0.29) is 0 Å². The molecule has 2 heterocycles. The van der Waals surface area contributed by atoms with Crippen LogP contribution in [0, 0.1) is 0 Å². The maximum atomic E-state index is 6.15. The molecule has 0 saturated heterocycles. The summed E-state index contributed by atoms with van der Waals surface area (Å²) in [7, 11) is 1.82. The fourth-order valence-corrected chi connectivity index (χ4v) is 3.19. The Morgan fingerprint density at radius 2 is 1.95 bits per heavy atom. The first-order chi connectivity index (χ1) is 10.0. The van der Waals surface area contributed by atoms with Crippen LogP contribution in [0.3, 0.4) is 0 Å². The van der Waals surface area contributed by atoms with Crippen molar-refractivity contribution in [2.24, 2.45) is 7.05 Å². The standard InChI is InChI=1S/C13H9Cl3N4S/c1-20-13-8(5-17-20)12(16)18-11(19-13)6-21-7-2-3-9(14)10(15)4-7/h2-5H,6H2,1H3. The third-order valence-electron chi connectivity index (χ3n) is 2.85. The van der Waals surface area contributed by atoms with Crippen molar-refractivity contribution < 1.29 is 0 Å². The van der Waals surface area contributed by atoms with E-state index in [9.17, 15) is 0 Å². The van der Waals surface area contributed by atoms with Crippen molar-refractivity contribution >= 4 is 57.6 Å². The number of nitrogens with zero attached hydrogens (tertiary/aromatic N) is 4. The van der Waals surface area contributed by atoms with Crippen LogP contribution in [0.25, 0.3) is 11.0 Å². The lowest BCUT2D eigenvalue weighted by Gasteiger charge is -2.04. The van der Waals surface area contributed by atoms with Gasteiger partial charge in [-0.1, -0.05) is 34.8 Å². The Kier molecular flexibility index (Phi) is 4.26. The maximum absolute atomic E-state index is 6.15. The number of benzene rings is 1. The maximum Gasteiger partial charge on any atom is 0.162 e. The van der Waals surface area contributed by atoms with Crippen molar-refractivity contribution in [3.8, 4) is 0 Å². The van der Waals surface area contributed by atoms with Crippen LogP contribution < -0.4 is 0 Å². The second kappa shape index (κ2) is 6.01. The van der Waals surface area contributed by atoms with E-state index in [0.717, 1.165) is 15.9 Å². The molecule has 0 amide bonds. The average Bonchev–Trinajstić information content (AvgIpc) is 2.83. The highest BCUT2D eigenvalue weighted by Gasteiger charge is 2.10. The first-order valence-corrected chi connectivity index (χ1v) is 8.08. The highest BCUT2D eigenvalue weighted by atomic mass is 35.5. The number of hydrogen-bond donors (Lipinski definition) is 0. The highest BCUT2D eigenvalue weighted by molar-refractivity contribution is 7.98. The lowest BCUT2D eigenvalue weighted by atomic mass is 10.4. The van der Waals surface area contributed by atoms with E-state index in [2.05, 4.69) is 15.1 Å². The summed E-state index contributed by atoms with van der Waals surface area (Å²) >= 11 is 19.6. The molecule has 0 N–H and O–H groups in total. The van der Waals surface area contributed by atoms with Crippen molar-refractivity contribution in [1.29, 1.82) is 0 Å². The van der Waals surface area contributed by atoms with Crippen LogP contribution in [-0.2, 0) is 12.8 Å². The fraction of sp³-hybridized carbons (Fsp3) is 0.154. The molecule has 0 aliphatic heterocycles. The monoisotopic (exact) mass is 358 g/mol.